The smallest absolute Gasteiger partial charge is 0.117 e. The Morgan fingerprint density at radius 1 is 1.24 bits per heavy atom. The van der Waals surface area contributed by atoms with Crippen LogP contribution in [0.1, 0.15) is 18.3 Å². The Balaban J connectivity index is 1.89. The highest BCUT2D eigenvalue weighted by Gasteiger charge is 2.13. The average Bonchev–Trinajstić information content (AvgIpc) is 2.79. The van der Waals surface area contributed by atoms with Crippen molar-refractivity contribution >= 4 is 38.6 Å². The highest BCUT2D eigenvalue weighted by Crippen LogP contribution is 2.31. The molecule has 3 aromatic rings. The van der Waals surface area contributed by atoms with Crippen LogP contribution in [0.15, 0.2) is 40.1 Å². The number of halogens is 1. The van der Waals surface area contributed by atoms with Gasteiger partial charge >= 0.3 is 0 Å². The van der Waals surface area contributed by atoms with E-state index in [1.54, 1.807) is 18.1 Å². The highest BCUT2D eigenvalue weighted by atomic mass is 79.9. The van der Waals surface area contributed by atoms with E-state index < -0.39 is 0 Å². The van der Waals surface area contributed by atoms with Crippen LogP contribution in [0.5, 0.6) is 0 Å². The summed E-state index contributed by atoms with van der Waals surface area (Å²) in [5.74, 6) is 0.824. The van der Waals surface area contributed by atoms with Crippen LogP contribution in [-0.4, -0.2) is 19.7 Å². The first kappa shape index (κ1) is 14.5. The van der Waals surface area contributed by atoms with Gasteiger partial charge in [0.05, 0.1) is 21.4 Å². The van der Waals surface area contributed by atoms with Gasteiger partial charge in [-0.2, -0.15) is 5.10 Å². The van der Waals surface area contributed by atoms with E-state index in [1.807, 2.05) is 29.9 Å². The normalized spacial score (nSPS) is 11.2. The van der Waals surface area contributed by atoms with E-state index >= 15 is 0 Å². The fourth-order valence-corrected chi connectivity index (χ4v) is 4.20. The zero-order valence-electron chi connectivity index (χ0n) is 11.9. The number of hydrogen-bond acceptors (Lipinski definition) is 4. The molecule has 0 unspecified atom stereocenters. The second-order valence-corrected chi connectivity index (χ2v) is 6.43. The van der Waals surface area contributed by atoms with Crippen LogP contribution in [0.25, 0.3) is 10.9 Å². The summed E-state index contributed by atoms with van der Waals surface area (Å²) in [7, 11) is 1.98. The highest BCUT2D eigenvalue weighted by molar-refractivity contribution is 9.10. The van der Waals surface area contributed by atoms with E-state index in [0.717, 1.165) is 38.3 Å². The van der Waals surface area contributed by atoms with Gasteiger partial charge < -0.3 is 0 Å². The molecule has 21 heavy (non-hydrogen) atoms. The Morgan fingerprint density at radius 3 is 2.81 bits per heavy atom. The standard InChI is InChI=1S/C15H15BrN4S/c1-3-11-14(16)13(20(2)19-11)8-21-15-10-6-4-5-7-12(10)17-9-18-15/h4-7,9H,3,8H2,1-2H3. The summed E-state index contributed by atoms with van der Waals surface area (Å²) >= 11 is 5.37. The van der Waals surface area contributed by atoms with Crippen LogP contribution in [0.2, 0.25) is 0 Å². The lowest BCUT2D eigenvalue weighted by Gasteiger charge is -2.05. The first-order valence-corrected chi connectivity index (χ1v) is 8.51. The van der Waals surface area contributed by atoms with Gasteiger partial charge in [0.2, 0.25) is 0 Å². The first-order chi connectivity index (χ1) is 10.2. The van der Waals surface area contributed by atoms with Crippen molar-refractivity contribution in [2.45, 2.75) is 24.1 Å². The van der Waals surface area contributed by atoms with Gasteiger partial charge in [-0.1, -0.05) is 36.9 Å². The van der Waals surface area contributed by atoms with Crippen LogP contribution in [0.4, 0.5) is 0 Å². The van der Waals surface area contributed by atoms with E-state index in [9.17, 15) is 0 Å². The lowest BCUT2D eigenvalue weighted by Crippen LogP contribution is -1.97. The van der Waals surface area contributed by atoms with Gasteiger partial charge in [0.1, 0.15) is 11.4 Å². The molecule has 0 aliphatic heterocycles. The molecule has 2 aromatic heterocycles. The summed E-state index contributed by atoms with van der Waals surface area (Å²) in [6, 6.07) is 8.09. The molecular formula is C15H15BrN4S. The van der Waals surface area contributed by atoms with Crippen molar-refractivity contribution in [1.82, 2.24) is 19.7 Å². The van der Waals surface area contributed by atoms with Gasteiger partial charge in [0, 0.05) is 18.2 Å². The van der Waals surface area contributed by atoms with E-state index in [4.69, 9.17) is 0 Å². The predicted octanol–water partition coefficient (Wildman–Crippen LogP) is 3.98. The van der Waals surface area contributed by atoms with Crippen molar-refractivity contribution in [2.75, 3.05) is 0 Å². The number of hydrogen-bond donors (Lipinski definition) is 0. The fourth-order valence-electron chi connectivity index (χ4n) is 2.21. The van der Waals surface area contributed by atoms with Gasteiger partial charge in [-0.25, -0.2) is 9.97 Å². The average molecular weight is 363 g/mol. The molecule has 108 valence electrons. The molecule has 0 atom stereocenters. The van der Waals surface area contributed by atoms with E-state index in [-0.39, 0.29) is 0 Å². The summed E-state index contributed by atoms with van der Waals surface area (Å²) in [6.45, 7) is 2.11. The first-order valence-electron chi connectivity index (χ1n) is 6.73. The summed E-state index contributed by atoms with van der Waals surface area (Å²) in [5.41, 5.74) is 3.26. The molecule has 6 heteroatoms. The Labute approximate surface area is 136 Å². The molecule has 0 radical (unpaired) electrons. The maximum Gasteiger partial charge on any atom is 0.117 e. The summed E-state index contributed by atoms with van der Waals surface area (Å²) in [6.07, 6.45) is 2.55. The summed E-state index contributed by atoms with van der Waals surface area (Å²) in [4.78, 5) is 8.71. The van der Waals surface area contributed by atoms with Gasteiger partial charge in [-0.3, -0.25) is 4.68 Å². The third-order valence-electron chi connectivity index (χ3n) is 3.35. The van der Waals surface area contributed by atoms with Crippen molar-refractivity contribution in [2.24, 2.45) is 7.05 Å². The van der Waals surface area contributed by atoms with Crippen LogP contribution < -0.4 is 0 Å². The zero-order valence-corrected chi connectivity index (χ0v) is 14.3. The molecule has 0 fully saturated rings. The maximum absolute atomic E-state index is 4.53. The molecular weight excluding hydrogens is 348 g/mol. The minimum atomic E-state index is 0.824. The second-order valence-electron chi connectivity index (χ2n) is 4.67. The topological polar surface area (TPSA) is 43.6 Å². The number of nitrogens with zero attached hydrogens (tertiary/aromatic N) is 4. The number of benzene rings is 1. The molecule has 0 N–H and O–H groups in total. The maximum atomic E-state index is 4.53. The molecule has 0 aliphatic rings. The number of fused-ring (bicyclic) bond motifs is 1. The van der Waals surface area contributed by atoms with Gasteiger partial charge in [-0.15, -0.1) is 0 Å². The molecule has 0 aliphatic carbocycles. The molecule has 2 heterocycles. The summed E-state index contributed by atoms with van der Waals surface area (Å²) < 4.78 is 3.05. The van der Waals surface area contributed by atoms with E-state index in [1.165, 1.54) is 5.69 Å². The molecule has 0 amide bonds. The van der Waals surface area contributed by atoms with Crippen LogP contribution >= 0.6 is 27.7 Å². The second kappa shape index (κ2) is 6.15. The summed E-state index contributed by atoms with van der Waals surface area (Å²) in [5, 5.41) is 6.63. The van der Waals surface area contributed by atoms with Gasteiger partial charge in [0.15, 0.2) is 0 Å². The minimum absolute atomic E-state index is 0.824. The van der Waals surface area contributed by atoms with Crippen LogP contribution in [-0.2, 0) is 19.2 Å². The fraction of sp³-hybridized carbons (Fsp3) is 0.267. The van der Waals surface area contributed by atoms with Crippen molar-refractivity contribution in [1.29, 1.82) is 0 Å². The van der Waals surface area contributed by atoms with Gasteiger partial charge in [0.25, 0.3) is 0 Å². The van der Waals surface area contributed by atoms with Crippen molar-refractivity contribution in [3.8, 4) is 0 Å². The molecule has 1 aromatic carbocycles. The molecule has 0 spiro atoms. The third kappa shape index (κ3) is 2.82. The SMILES string of the molecule is CCc1nn(C)c(CSc2ncnc3ccccc23)c1Br. The van der Waals surface area contributed by atoms with E-state index in [2.05, 4.69) is 44.0 Å². The number of para-hydroxylation sites is 1. The minimum Gasteiger partial charge on any atom is -0.270 e. The Morgan fingerprint density at radius 2 is 2.05 bits per heavy atom. The Kier molecular flexibility index (Phi) is 4.26. The Bertz CT molecular complexity index is 779. The number of aryl methyl sites for hydroxylation is 2. The lowest BCUT2D eigenvalue weighted by molar-refractivity contribution is 0.719. The van der Waals surface area contributed by atoms with Crippen LogP contribution in [0.3, 0.4) is 0 Å². The van der Waals surface area contributed by atoms with Crippen LogP contribution in [0, 0.1) is 0 Å². The molecule has 3 rings (SSSR count). The lowest BCUT2D eigenvalue weighted by atomic mass is 10.2. The number of thioether (sulfide) groups is 1. The molecule has 0 saturated heterocycles. The molecule has 4 nitrogen and oxygen atoms in total. The predicted molar refractivity (Wildman–Crippen MR) is 89.4 cm³/mol. The zero-order chi connectivity index (χ0) is 14.8. The number of rotatable bonds is 4. The largest absolute Gasteiger partial charge is 0.270 e. The number of aromatic nitrogens is 4. The third-order valence-corrected chi connectivity index (χ3v) is 5.29. The van der Waals surface area contributed by atoms with Crippen molar-refractivity contribution in [3.63, 3.8) is 0 Å². The van der Waals surface area contributed by atoms with Gasteiger partial charge in [-0.05, 0) is 28.4 Å². The molecule has 0 saturated carbocycles. The molecule has 0 bridgehead atoms. The monoisotopic (exact) mass is 362 g/mol. The van der Waals surface area contributed by atoms with Crippen molar-refractivity contribution < 1.29 is 0 Å². The van der Waals surface area contributed by atoms with Crippen molar-refractivity contribution in [3.05, 3.63) is 46.5 Å². The van der Waals surface area contributed by atoms with E-state index in [0.29, 0.717) is 0 Å². The Hall–Kier alpha value is -1.40. The quantitative estimate of drug-likeness (QED) is 0.520.